The molecule has 0 bridgehead atoms. The number of amidine groups is 1. The second kappa shape index (κ2) is 5.35. The minimum Gasteiger partial charge on any atom is -0.497 e. The van der Waals surface area contributed by atoms with Crippen LogP contribution in [0.15, 0.2) is 51.0 Å². The molecule has 0 spiro atoms. The van der Waals surface area contributed by atoms with Crippen LogP contribution in [0.25, 0.3) is 5.82 Å². The lowest BCUT2D eigenvalue weighted by Gasteiger charge is -2.32. The molecule has 0 amide bonds. The van der Waals surface area contributed by atoms with E-state index in [0.29, 0.717) is 11.4 Å². The van der Waals surface area contributed by atoms with E-state index in [2.05, 4.69) is 15.3 Å². The Hall–Kier alpha value is -2.96. The van der Waals surface area contributed by atoms with E-state index in [4.69, 9.17) is 14.9 Å². The zero-order valence-electron chi connectivity index (χ0n) is 12.7. The van der Waals surface area contributed by atoms with E-state index in [1.165, 1.54) is 0 Å². The Morgan fingerprint density at radius 1 is 1.30 bits per heavy atom. The van der Waals surface area contributed by atoms with Gasteiger partial charge in [-0.25, -0.2) is 4.99 Å². The Morgan fingerprint density at radius 3 is 2.83 bits per heavy atom. The van der Waals surface area contributed by atoms with Gasteiger partial charge in [0.05, 0.1) is 25.1 Å². The highest BCUT2D eigenvalue weighted by Gasteiger charge is 2.30. The van der Waals surface area contributed by atoms with Gasteiger partial charge in [-0.05, 0) is 30.3 Å². The van der Waals surface area contributed by atoms with Crippen LogP contribution in [0.5, 0.6) is 5.75 Å². The first-order chi connectivity index (χ1) is 11.3. The van der Waals surface area contributed by atoms with Gasteiger partial charge in [0.25, 0.3) is 0 Å². The lowest BCUT2D eigenvalue weighted by molar-refractivity contribution is 0.415. The number of fused-ring (bicyclic) bond motifs is 1. The van der Waals surface area contributed by atoms with Crippen molar-refractivity contribution in [2.45, 2.75) is 6.17 Å². The molecule has 2 aliphatic rings. The summed E-state index contributed by atoms with van der Waals surface area (Å²) >= 11 is 0. The number of nitrogens with one attached hydrogen (secondary N) is 1. The molecule has 1 aromatic heterocycles. The molecule has 0 saturated carbocycles. The topological polar surface area (TPSA) is 88.4 Å². The van der Waals surface area contributed by atoms with Gasteiger partial charge in [0.1, 0.15) is 17.4 Å². The number of nitrogens with zero attached hydrogens (tertiary/aromatic N) is 3. The predicted octanol–water partition coefficient (Wildman–Crippen LogP) is -0.220. The Kier molecular flexibility index (Phi) is 3.18. The fourth-order valence-electron chi connectivity index (χ4n) is 2.82. The summed E-state index contributed by atoms with van der Waals surface area (Å²) in [5.41, 5.74) is 7.86. The smallest absolute Gasteiger partial charge is 0.227 e. The van der Waals surface area contributed by atoms with E-state index in [1.807, 2.05) is 35.2 Å². The number of aliphatic imine (C=N–C) groups is 1. The molecule has 23 heavy (non-hydrogen) atoms. The molecule has 3 N–H and O–H groups in total. The van der Waals surface area contributed by atoms with Crippen molar-refractivity contribution in [3.8, 4) is 5.75 Å². The monoisotopic (exact) mass is 311 g/mol. The average molecular weight is 311 g/mol. The first-order valence-corrected chi connectivity index (χ1v) is 7.40. The van der Waals surface area contributed by atoms with Crippen LogP contribution in [0.1, 0.15) is 0 Å². The third-order valence-electron chi connectivity index (χ3n) is 3.96. The van der Waals surface area contributed by atoms with Crippen molar-refractivity contribution in [1.82, 2.24) is 5.32 Å². The van der Waals surface area contributed by atoms with Crippen LogP contribution in [0.4, 0.5) is 5.69 Å². The molecule has 1 atom stereocenters. The summed E-state index contributed by atoms with van der Waals surface area (Å²) in [4.78, 5) is 11.1. The molecule has 4 rings (SSSR count). The SMILES string of the molecule is COc1ccc(N2C(N)=c3ccoc3=NC2C2=NCCN2)cc1. The van der Waals surface area contributed by atoms with E-state index >= 15 is 0 Å². The third-order valence-corrected chi connectivity index (χ3v) is 3.96. The van der Waals surface area contributed by atoms with Crippen molar-refractivity contribution in [2.75, 3.05) is 25.1 Å². The Bertz CT molecular complexity index is 869. The van der Waals surface area contributed by atoms with Crippen molar-refractivity contribution in [3.63, 3.8) is 0 Å². The van der Waals surface area contributed by atoms with Crippen molar-refractivity contribution >= 4 is 17.3 Å². The molecular formula is C16H17N5O2. The zero-order chi connectivity index (χ0) is 15.8. The van der Waals surface area contributed by atoms with Crippen LogP contribution in [0, 0.1) is 0 Å². The highest BCUT2D eigenvalue weighted by Crippen LogP contribution is 2.25. The molecule has 0 saturated heterocycles. The maximum Gasteiger partial charge on any atom is 0.227 e. The third kappa shape index (κ3) is 2.21. The average Bonchev–Trinajstić information content (AvgIpc) is 3.26. The van der Waals surface area contributed by atoms with Gasteiger partial charge in [-0.1, -0.05) is 0 Å². The summed E-state index contributed by atoms with van der Waals surface area (Å²) < 4.78 is 10.7. The van der Waals surface area contributed by atoms with Gasteiger partial charge < -0.3 is 20.2 Å². The van der Waals surface area contributed by atoms with Crippen LogP contribution in [0.2, 0.25) is 0 Å². The molecule has 0 aliphatic carbocycles. The number of hydrogen-bond acceptors (Lipinski definition) is 7. The summed E-state index contributed by atoms with van der Waals surface area (Å²) in [6.45, 7) is 1.55. The van der Waals surface area contributed by atoms with Crippen LogP contribution < -0.4 is 31.5 Å². The molecule has 7 nitrogen and oxygen atoms in total. The molecule has 2 aromatic rings. The number of anilines is 1. The van der Waals surface area contributed by atoms with Crippen molar-refractivity contribution < 1.29 is 9.15 Å². The minimum absolute atomic E-state index is 0.357. The second-order valence-electron chi connectivity index (χ2n) is 5.29. The number of rotatable bonds is 3. The summed E-state index contributed by atoms with van der Waals surface area (Å²) in [6, 6.07) is 9.53. The highest BCUT2D eigenvalue weighted by atomic mass is 16.5. The van der Waals surface area contributed by atoms with Gasteiger partial charge in [-0.3, -0.25) is 9.89 Å². The number of ether oxygens (including phenoxy) is 1. The Morgan fingerprint density at radius 2 is 2.13 bits per heavy atom. The van der Waals surface area contributed by atoms with E-state index in [9.17, 15) is 0 Å². The van der Waals surface area contributed by atoms with Gasteiger partial charge in [0.15, 0.2) is 6.17 Å². The van der Waals surface area contributed by atoms with E-state index in [0.717, 1.165) is 35.6 Å². The first-order valence-electron chi connectivity index (χ1n) is 7.40. The second-order valence-corrected chi connectivity index (χ2v) is 5.29. The highest BCUT2D eigenvalue weighted by molar-refractivity contribution is 5.94. The lowest BCUT2D eigenvalue weighted by atomic mass is 10.2. The van der Waals surface area contributed by atoms with Gasteiger partial charge in [0, 0.05) is 12.2 Å². The number of nitrogens with two attached hydrogens (primary N) is 1. The van der Waals surface area contributed by atoms with Crippen LogP contribution in [-0.4, -0.2) is 32.2 Å². The van der Waals surface area contributed by atoms with Crippen LogP contribution >= 0.6 is 0 Å². The normalized spacial score (nSPS) is 19.7. The summed E-state index contributed by atoms with van der Waals surface area (Å²) in [5, 5.41) is 4.06. The number of methoxy groups -OCH3 is 1. The molecule has 118 valence electrons. The van der Waals surface area contributed by atoms with E-state index in [1.54, 1.807) is 13.4 Å². The minimum atomic E-state index is -0.357. The Balaban J connectivity index is 1.86. The van der Waals surface area contributed by atoms with Gasteiger partial charge in [-0.15, -0.1) is 0 Å². The fourth-order valence-corrected chi connectivity index (χ4v) is 2.82. The zero-order valence-corrected chi connectivity index (χ0v) is 12.7. The molecular weight excluding hydrogens is 294 g/mol. The van der Waals surface area contributed by atoms with Gasteiger partial charge in [-0.2, -0.15) is 0 Å². The molecule has 2 aliphatic heterocycles. The molecule has 0 radical (unpaired) electrons. The van der Waals surface area contributed by atoms with Gasteiger partial charge in [0.2, 0.25) is 5.55 Å². The maximum atomic E-state index is 6.40. The number of furan rings is 1. The standard InChI is InChI=1S/C16H17N5O2/c1-22-11-4-2-10(3-5-11)21-13(17)12-6-9-23-16(12)20-15(21)14-18-7-8-19-14/h2-6,9,15H,7-8,17H2,1H3,(H,18,19). The maximum absolute atomic E-state index is 6.40. The van der Waals surface area contributed by atoms with Crippen LogP contribution in [0.3, 0.4) is 0 Å². The van der Waals surface area contributed by atoms with Crippen LogP contribution in [-0.2, 0) is 0 Å². The summed E-state index contributed by atoms with van der Waals surface area (Å²) in [6.07, 6.45) is 1.24. The molecule has 1 aromatic carbocycles. The molecule has 7 heteroatoms. The Labute approximate surface area is 132 Å². The predicted molar refractivity (Wildman–Crippen MR) is 86.7 cm³/mol. The fraction of sp³-hybridized carbons (Fsp3) is 0.250. The van der Waals surface area contributed by atoms with E-state index < -0.39 is 0 Å². The van der Waals surface area contributed by atoms with E-state index in [-0.39, 0.29) is 6.17 Å². The molecule has 0 fully saturated rings. The number of benzene rings is 1. The van der Waals surface area contributed by atoms with Crippen molar-refractivity contribution in [1.29, 1.82) is 0 Å². The van der Waals surface area contributed by atoms with Gasteiger partial charge >= 0.3 is 0 Å². The van der Waals surface area contributed by atoms with Crippen molar-refractivity contribution in [3.05, 3.63) is 47.4 Å². The molecule has 3 heterocycles. The van der Waals surface area contributed by atoms with Crippen molar-refractivity contribution in [2.24, 2.45) is 15.7 Å². The summed E-state index contributed by atoms with van der Waals surface area (Å²) in [7, 11) is 1.64. The lowest BCUT2D eigenvalue weighted by Crippen LogP contribution is -2.53. The summed E-state index contributed by atoms with van der Waals surface area (Å²) in [5.74, 6) is 2.18. The number of hydrogen-bond donors (Lipinski definition) is 2. The first kappa shape index (κ1) is 13.7. The largest absolute Gasteiger partial charge is 0.497 e. The molecule has 1 unspecified atom stereocenters. The quantitative estimate of drug-likeness (QED) is 0.818.